The third-order valence-corrected chi connectivity index (χ3v) is 7.38. The average Bonchev–Trinajstić information content (AvgIpc) is 2.84. The van der Waals surface area contributed by atoms with Gasteiger partial charge in [0, 0.05) is 44.4 Å². The molecule has 5 rings (SSSR count). The van der Waals surface area contributed by atoms with Crippen LogP contribution in [0.2, 0.25) is 0 Å². The van der Waals surface area contributed by atoms with Gasteiger partial charge in [0.15, 0.2) is 0 Å². The molecule has 2 atom stereocenters. The van der Waals surface area contributed by atoms with Gasteiger partial charge in [0.25, 0.3) is 5.56 Å². The first-order chi connectivity index (χ1) is 17.9. The van der Waals surface area contributed by atoms with Crippen LogP contribution >= 0.6 is 0 Å². The van der Waals surface area contributed by atoms with Crippen LogP contribution in [-0.4, -0.2) is 61.6 Å². The number of hydrogen-bond donors (Lipinski definition) is 1. The molecule has 3 aromatic rings. The molecule has 0 bridgehead atoms. The average molecular weight is 507 g/mol. The van der Waals surface area contributed by atoms with Gasteiger partial charge in [-0.05, 0) is 67.3 Å². The Balaban J connectivity index is 1.47. The van der Waals surface area contributed by atoms with E-state index in [1.807, 2.05) is 44.2 Å². The summed E-state index contributed by atoms with van der Waals surface area (Å²) in [6.07, 6.45) is 1.30. The fraction of sp³-hybridized carbons (Fsp3) is 0.464. The van der Waals surface area contributed by atoms with Gasteiger partial charge in [-0.2, -0.15) is 0 Å². The third kappa shape index (κ3) is 5.12. The zero-order valence-electron chi connectivity index (χ0n) is 21.7. The lowest BCUT2D eigenvalue weighted by Crippen LogP contribution is -2.44. The van der Waals surface area contributed by atoms with Crippen LogP contribution < -0.4 is 16.2 Å². The minimum absolute atomic E-state index is 0.0123. The highest BCUT2D eigenvalue weighted by atomic mass is 16.5. The predicted molar refractivity (Wildman–Crippen MR) is 141 cm³/mol. The van der Waals surface area contributed by atoms with E-state index < -0.39 is 5.91 Å². The van der Waals surface area contributed by atoms with E-state index in [0.29, 0.717) is 55.1 Å². The molecule has 0 unspecified atom stereocenters. The number of rotatable bonds is 8. The summed E-state index contributed by atoms with van der Waals surface area (Å²) in [6.45, 7) is 7.74. The molecule has 0 aliphatic carbocycles. The number of aryl methyl sites for hydroxylation is 2. The molecule has 2 aliphatic heterocycles. The number of carbonyl (C=O) groups is 1. The van der Waals surface area contributed by atoms with Crippen molar-refractivity contribution in [3.05, 3.63) is 68.8 Å². The number of carbonyl (C=O) groups excluding carboxylic acids is 1. The van der Waals surface area contributed by atoms with E-state index in [9.17, 15) is 9.59 Å². The number of aromatic nitrogens is 2. The number of nitrogens with zero attached hydrogens (tertiary/aromatic N) is 3. The maximum atomic E-state index is 13.7. The zero-order valence-corrected chi connectivity index (χ0v) is 21.7. The molecular weight excluding hydrogens is 472 g/mol. The zero-order chi connectivity index (χ0) is 26.1. The number of anilines is 1. The van der Waals surface area contributed by atoms with Gasteiger partial charge in [-0.3, -0.25) is 14.2 Å². The number of methoxy groups -OCH3 is 1. The van der Waals surface area contributed by atoms with Gasteiger partial charge in [-0.25, -0.2) is 4.98 Å². The molecule has 2 saturated heterocycles. The summed E-state index contributed by atoms with van der Waals surface area (Å²) >= 11 is 0. The Labute approximate surface area is 216 Å². The number of primary amides is 1. The number of hydrogen-bond acceptors (Lipinski definition) is 7. The third-order valence-electron chi connectivity index (χ3n) is 7.38. The van der Waals surface area contributed by atoms with Crippen LogP contribution in [0, 0.1) is 13.8 Å². The Hall–Kier alpha value is -3.27. The number of amides is 1. The summed E-state index contributed by atoms with van der Waals surface area (Å²) in [6, 6.07) is 9.48. The van der Waals surface area contributed by atoms with Crippen LogP contribution in [-0.2, 0) is 27.2 Å². The van der Waals surface area contributed by atoms with Gasteiger partial charge in [-0.15, -0.1) is 0 Å². The van der Waals surface area contributed by atoms with Gasteiger partial charge in [0.2, 0.25) is 5.91 Å². The highest BCUT2D eigenvalue weighted by molar-refractivity contribution is 5.93. The van der Waals surface area contributed by atoms with Gasteiger partial charge in [0.05, 0.1) is 36.8 Å². The van der Waals surface area contributed by atoms with Gasteiger partial charge >= 0.3 is 0 Å². The van der Waals surface area contributed by atoms with Crippen molar-refractivity contribution in [3.63, 3.8) is 0 Å². The van der Waals surface area contributed by atoms with E-state index in [-0.39, 0.29) is 17.8 Å². The first-order valence-corrected chi connectivity index (χ1v) is 12.8. The van der Waals surface area contributed by atoms with Crippen molar-refractivity contribution in [2.75, 3.05) is 44.9 Å². The van der Waals surface area contributed by atoms with Crippen LogP contribution in [0.4, 0.5) is 5.69 Å². The number of nitrogens with two attached hydrogens (primary N) is 1. The van der Waals surface area contributed by atoms with Gasteiger partial charge < -0.3 is 24.8 Å². The van der Waals surface area contributed by atoms with Crippen LogP contribution in [0.3, 0.4) is 0 Å². The van der Waals surface area contributed by atoms with E-state index in [0.717, 1.165) is 41.9 Å². The second-order valence-electron chi connectivity index (χ2n) is 9.87. The molecule has 3 heterocycles. The molecule has 2 N–H and O–H groups in total. The molecule has 1 amide bonds. The lowest BCUT2D eigenvalue weighted by Gasteiger charge is -2.34. The van der Waals surface area contributed by atoms with E-state index in [1.54, 1.807) is 11.7 Å². The molecule has 0 saturated carbocycles. The first-order valence-electron chi connectivity index (χ1n) is 12.8. The van der Waals surface area contributed by atoms with Gasteiger partial charge in [-0.1, -0.05) is 0 Å². The number of morpholine rings is 1. The number of fused-ring (bicyclic) bond motifs is 1. The maximum absolute atomic E-state index is 13.7. The lowest BCUT2D eigenvalue weighted by atomic mass is 9.96. The van der Waals surface area contributed by atoms with Crippen molar-refractivity contribution in [3.8, 4) is 0 Å². The summed E-state index contributed by atoms with van der Waals surface area (Å²) in [5, 5.41) is 0.589. The maximum Gasteiger partial charge on any atom is 0.261 e. The first kappa shape index (κ1) is 25.4. The molecule has 37 heavy (non-hydrogen) atoms. The van der Waals surface area contributed by atoms with Crippen molar-refractivity contribution in [2.24, 2.45) is 5.73 Å². The molecular formula is C28H34N4O5. The minimum Gasteiger partial charge on any atom is -0.382 e. The van der Waals surface area contributed by atoms with Crippen molar-refractivity contribution < 1.29 is 19.0 Å². The van der Waals surface area contributed by atoms with Crippen molar-refractivity contribution in [2.45, 2.75) is 45.4 Å². The molecule has 0 radical (unpaired) electrons. The summed E-state index contributed by atoms with van der Waals surface area (Å²) < 4.78 is 18.6. The Bertz CT molecular complexity index is 1360. The quantitative estimate of drug-likeness (QED) is 0.500. The van der Waals surface area contributed by atoms with Gasteiger partial charge in [0.1, 0.15) is 11.9 Å². The number of ether oxygens (including phenoxy) is 3. The largest absolute Gasteiger partial charge is 0.382 e. The second-order valence-corrected chi connectivity index (χ2v) is 9.87. The summed E-state index contributed by atoms with van der Waals surface area (Å²) in [7, 11) is 1.68. The monoisotopic (exact) mass is 506 g/mol. The Kier molecular flexibility index (Phi) is 7.28. The topological polar surface area (TPSA) is 109 Å². The van der Waals surface area contributed by atoms with E-state index >= 15 is 0 Å². The Morgan fingerprint density at radius 3 is 2.57 bits per heavy atom. The highest BCUT2D eigenvalue weighted by Gasteiger charge is 2.27. The van der Waals surface area contributed by atoms with Crippen molar-refractivity contribution in [1.29, 1.82) is 0 Å². The smallest absolute Gasteiger partial charge is 0.261 e. The van der Waals surface area contributed by atoms with Crippen LogP contribution in [0.5, 0.6) is 0 Å². The fourth-order valence-corrected chi connectivity index (χ4v) is 5.32. The summed E-state index contributed by atoms with van der Waals surface area (Å²) in [5.41, 5.74) is 10.7. The normalized spacial score (nSPS) is 19.7. The van der Waals surface area contributed by atoms with Crippen LogP contribution in [0.15, 0.2) is 35.1 Å². The summed E-state index contributed by atoms with van der Waals surface area (Å²) in [4.78, 5) is 32.6. The molecule has 2 aliphatic rings. The summed E-state index contributed by atoms with van der Waals surface area (Å²) in [5.74, 6) is 0.229. The fourth-order valence-electron chi connectivity index (χ4n) is 5.32. The number of benzene rings is 2. The molecule has 9 nitrogen and oxygen atoms in total. The molecule has 2 aromatic carbocycles. The molecule has 196 valence electrons. The van der Waals surface area contributed by atoms with E-state index in [4.69, 9.17) is 24.9 Å². The Morgan fingerprint density at radius 2 is 1.92 bits per heavy atom. The second kappa shape index (κ2) is 10.6. The minimum atomic E-state index is -0.442. The van der Waals surface area contributed by atoms with E-state index in [1.165, 1.54) is 0 Å². The molecule has 2 fully saturated rings. The molecule has 9 heteroatoms. The van der Waals surface area contributed by atoms with Crippen LogP contribution in [0.1, 0.15) is 45.4 Å². The molecule has 0 spiro atoms. The highest BCUT2D eigenvalue weighted by Crippen LogP contribution is 2.30. The van der Waals surface area contributed by atoms with Crippen molar-refractivity contribution >= 4 is 22.5 Å². The standard InChI is InChI=1S/C28H34N4O5/c1-17-12-19(26(29)33)13-18(2)22(17)6-8-32-27(25-7-10-37-25)30-24-14-20(4-5-23(24)28(32)34)31-9-11-36-21(15-31)16-35-3/h4-5,12-14,21,25H,6-11,15-16H2,1-3H3,(H2,29,33)/t21-,25+/m1/s1. The Morgan fingerprint density at radius 1 is 1.16 bits per heavy atom. The molecule has 1 aromatic heterocycles. The van der Waals surface area contributed by atoms with Crippen molar-refractivity contribution in [1.82, 2.24) is 9.55 Å². The SMILES string of the molecule is COC[C@H]1CN(c2ccc3c(=O)n(CCc4c(C)cc(C(N)=O)cc4C)c([C@@H]4CCO4)nc3c2)CCO1. The lowest BCUT2D eigenvalue weighted by molar-refractivity contribution is -0.0604. The van der Waals surface area contributed by atoms with E-state index in [2.05, 4.69) is 4.90 Å². The predicted octanol–water partition coefficient (Wildman–Crippen LogP) is 2.67. The van der Waals surface area contributed by atoms with Crippen LogP contribution in [0.25, 0.3) is 10.9 Å².